The summed E-state index contributed by atoms with van der Waals surface area (Å²) in [4.78, 5) is -1.05. The van der Waals surface area contributed by atoms with E-state index >= 15 is 0 Å². The van der Waals surface area contributed by atoms with Crippen LogP contribution in [0.25, 0.3) is 33.7 Å². The van der Waals surface area contributed by atoms with Crippen molar-refractivity contribution in [1.29, 1.82) is 0 Å². The molecule has 252 valence electrons. The summed E-state index contributed by atoms with van der Waals surface area (Å²) in [5, 5.41) is 38.5. The number of nitrogens with two attached hydrogens (primary N) is 2. The fraction of sp³-hybridized carbons (Fsp3) is 0. The molecule has 0 aliphatic heterocycles. The van der Waals surface area contributed by atoms with E-state index < -0.39 is 35.8 Å². The topological polar surface area (TPSA) is 251 Å². The van der Waals surface area contributed by atoms with E-state index in [1.54, 1.807) is 54.6 Å². The molecule has 0 amide bonds. The van der Waals surface area contributed by atoms with Crippen molar-refractivity contribution in [3.63, 3.8) is 0 Å². The minimum atomic E-state index is -4.72. The number of phenolic OH excluding ortho intramolecular Hbond substituents is 2. The molecular weight excluding hydrogens is 685 g/mol. The maximum atomic E-state index is 12.3. The summed E-state index contributed by atoms with van der Waals surface area (Å²) in [5.74, 6) is -0.473. The predicted octanol–water partition coefficient (Wildman–Crippen LogP) is 8.06. The van der Waals surface area contributed by atoms with Crippen molar-refractivity contribution in [2.45, 2.75) is 9.79 Å². The summed E-state index contributed by atoms with van der Waals surface area (Å²) in [6.45, 7) is 0. The van der Waals surface area contributed by atoms with Gasteiger partial charge in [0.05, 0.1) is 27.6 Å². The summed E-state index contributed by atoms with van der Waals surface area (Å²) >= 11 is 0. The van der Waals surface area contributed by atoms with Crippen molar-refractivity contribution in [2.24, 2.45) is 20.5 Å². The quantitative estimate of drug-likeness (QED) is 0.0383. The number of rotatable bonds is 8. The highest BCUT2D eigenvalue weighted by Gasteiger charge is 2.18. The third-order valence-electron chi connectivity index (χ3n) is 7.57. The molecule has 0 saturated heterocycles. The van der Waals surface area contributed by atoms with E-state index in [-0.39, 0.29) is 39.1 Å². The average molecular weight is 711 g/mol. The number of azo groups is 2. The fourth-order valence-electron chi connectivity index (χ4n) is 5.18. The number of nitrogen functional groups attached to an aromatic ring is 2. The fourth-order valence-corrected chi connectivity index (χ4v) is 6.41. The molecule has 8 N–H and O–H groups in total. The molecule has 6 rings (SSSR count). The zero-order chi connectivity index (χ0) is 35.8. The molecule has 0 heterocycles. The molecule has 0 aliphatic rings. The van der Waals surface area contributed by atoms with Crippen LogP contribution in [0.4, 0.5) is 34.1 Å². The van der Waals surface area contributed by atoms with E-state index in [4.69, 9.17) is 11.5 Å². The third-order valence-corrected chi connectivity index (χ3v) is 9.31. The minimum Gasteiger partial charge on any atom is -0.507 e. The van der Waals surface area contributed by atoms with Gasteiger partial charge in [-0.2, -0.15) is 27.1 Å². The van der Waals surface area contributed by atoms with Crippen LogP contribution in [0.5, 0.6) is 11.5 Å². The Morgan fingerprint density at radius 1 is 0.560 bits per heavy atom. The Morgan fingerprint density at radius 2 is 1.16 bits per heavy atom. The summed E-state index contributed by atoms with van der Waals surface area (Å²) in [6.07, 6.45) is 3.11. The van der Waals surface area contributed by atoms with Crippen molar-refractivity contribution < 1.29 is 36.2 Å². The van der Waals surface area contributed by atoms with Crippen molar-refractivity contribution in [3.05, 3.63) is 108 Å². The molecule has 0 saturated carbocycles. The molecule has 0 atom stereocenters. The first kappa shape index (κ1) is 33.7. The zero-order valence-corrected chi connectivity index (χ0v) is 27.2. The summed E-state index contributed by atoms with van der Waals surface area (Å²) in [6, 6.07) is 23.9. The lowest BCUT2D eigenvalue weighted by Crippen LogP contribution is -2.00. The lowest BCUT2D eigenvalue weighted by Gasteiger charge is -2.09. The lowest BCUT2D eigenvalue weighted by molar-refractivity contribution is 0.471. The molecular formula is C34H26N6O8S2. The van der Waals surface area contributed by atoms with Gasteiger partial charge in [-0.25, -0.2) is 0 Å². The number of nitrogens with zero attached hydrogens (tertiary/aromatic N) is 4. The number of benzene rings is 6. The van der Waals surface area contributed by atoms with Gasteiger partial charge in [0, 0.05) is 39.0 Å². The van der Waals surface area contributed by atoms with Crippen molar-refractivity contribution in [1.82, 2.24) is 0 Å². The van der Waals surface area contributed by atoms with E-state index in [1.807, 2.05) is 0 Å². The van der Waals surface area contributed by atoms with Crippen LogP contribution < -0.4 is 11.5 Å². The molecule has 14 nitrogen and oxygen atoms in total. The summed E-state index contributed by atoms with van der Waals surface area (Å²) < 4.78 is 67.5. The first-order valence-corrected chi connectivity index (χ1v) is 17.3. The van der Waals surface area contributed by atoms with Crippen LogP contribution >= 0.6 is 0 Å². The van der Waals surface area contributed by atoms with Gasteiger partial charge >= 0.3 is 0 Å². The average Bonchev–Trinajstić information content (AvgIpc) is 3.06. The molecule has 50 heavy (non-hydrogen) atoms. The molecule has 0 aliphatic carbocycles. The van der Waals surface area contributed by atoms with Crippen LogP contribution in [0.15, 0.2) is 127 Å². The second-order valence-electron chi connectivity index (χ2n) is 10.9. The number of anilines is 2. The second-order valence-corrected chi connectivity index (χ2v) is 13.7. The lowest BCUT2D eigenvalue weighted by atomic mass is 10.1. The minimum absolute atomic E-state index is 0.0220. The highest BCUT2D eigenvalue weighted by Crippen LogP contribution is 2.40. The van der Waals surface area contributed by atoms with Crippen LogP contribution in [-0.2, 0) is 20.2 Å². The number of hydrogen-bond acceptors (Lipinski definition) is 12. The highest BCUT2D eigenvalue weighted by molar-refractivity contribution is 7.86. The Labute approximate surface area is 284 Å². The molecule has 0 radical (unpaired) electrons. The van der Waals surface area contributed by atoms with E-state index in [0.717, 1.165) is 18.2 Å². The number of hydrogen-bond donors (Lipinski definition) is 6. The van der Waals surface area contributed by atoms with Crippen molar-refractivity contribution in [2.75, 3.05) is 11.5 Å². The van der Waals surface area contributed by atoms with Crippen LogP contribution in [-0.4, -0.2) is 36.2 Å². The molecule has 0 fully saturated rings. The third kappa shape index (κ3) is 6.99. The molecule has 6 aromatic rings. The van der Waals surface area contributed by atoms with Gasteiger partial charge in [-0.3, -0.25) is 9.11 Å². The largest absolute Gasteiger partial charge is 0.507 e. The Kier molecular flexibility index (Phi) is 8.77. The van der Waals surface area contributed by atoms with E-state index in [2.05, 4.69) is 20.5 Å². The Bertz CT molecular complexity index is 2630. The molecule has 0 aromatic heterocycles. The maximum Gasteiger partial charge on any atom is 0.295 e. The Morgan fingerprint density at radius 3 is 1.80 bits per heavy atom. The van der Waals surface area contributed by atoms with Gasteiger partial charge in [-0.1, -0.05) is 42.5 Å². The first-order valence-electron chi connectivity index (χ1n) is 14.4. The zero-order valence-electron chi connectivity index (χ0n) is 25.6. The van der Waals surface area contributed by atoms with Crippen molar-refractivity contribution >= 4 is 88.1 Å². The molecule has 16 heteroatoms. The first-order chi connectivity index (χ1) is 23.7. The van der Waals surface area contributed by atoms with Crippen LogP contribution in [0.3, 0.4) is 0 Å². The van der Waals surface area contributed by atoms with Gasteiger partial charge in [0.1, 0.15) is 16.4 Å². The number of aromatic hydroxyl groups is 2. The van der Waals surface area contributed by atoms with Gasteiger partial charge in [-0.15, -0.1) is 10.2 Å². The summed E-state index contributed by atoms with van der Waals surface area (Å²) in [5.41, 5.74) is 14.4. The maximum absolute atomic E-state index is 12.3. The van der Waals surface area contributed by atoms with Gasteiger partial charge in [0.25, 0.3) is 20.2 Å². The molecule has 0 unspecified atom stereocenters. The predicted molar refractivity (Wildman–Crippen MR) is 190 cm³/mol. The van der Waals surface area contributed by atoms with Gasteiger partial charge in [0.15, 0.2) is 0 Å². The standard InChI is InChI=1S/C34H26N6O8S2/c35-26-12-14-28(24-2-1-3-30(41)33(24)26)39-37-21-9-5-19(6-10-21)4-7-20-8-11-22(16-32(20)50(46,47)48)38-40-29-15-13-27(36)34-25(29)17-23(18-31(34)42)49(43,44)45/h1-18,41-42H,35-36H2,(H,43,44,45)(H,46,47,48)/b7-4+,39-37?,40-38?. The SMILES string of the molecule is Nc1ccc(N=Nc2ccc(/C=C/c3ccc(N=Nc4ccc(N)c5c(O)cc(S(=O)(=O)O)cc45)cc3S(=O)(=O)O)cc2)c2cccc(O)c12. The van der Waals surface area contributed by atoms with Crippen LogP contribution in [0.2, 0.25) is 0 Å². The monoisotopic (exact) mass is 710 g/mol. The Hall–Kier alpha value is -6.20. The molecule has 0 spiro atoms. The summed E-state index contributed by atoms with van der Waals surface area (Å²) in [7, 11) is -9.40. The van der Waals surface area contributed by atoms with Gasteiger partial charge in [-0.05, 0) is 71.8 Å². The van der Waals surface area contributed by atoms with Gasteiger partial charge in [0.2, 0.25) is 0 Å². The normalized spacial score (nSPS) is 12.6. The van der Waals surface area contributed by atoms with E-state index in [9.17, 15) is 36.2 Å². The van der Waals surface area contributed by atoms with Crippen LogP contribution in [0, 0.1) is 0 Å². The molecule has 0 bridgehead atoms. The number of fused-ring (bicyclic) bond motifs is 2. The second kappa shape index (κ2) is 13.0. The molecule has 6 aromatic carbocycles. The van der Waals surface area contributed by atoms with Crippen LogP contribution in [0.1, 0.15) is 11.1 Å². The van der Waals surface area contributed by atoms with Crippen molar-refractivity contribution in [3.8, 4) is 11.5 Å². The highest BCUT2D eigenvalue weighted by atomic mass is 32.2. The van der Waals surface area contributed by atoms with Gasteiger partial charge < -0.3 is 21.7 Å². The smallest absolute Gasteiger partial charge is 0.295 e. The van der Waals surface area contributed by atoms with E-state index in [0.29, 0.717) is 33.4 Å². The van der Waals surface area contributed by atoms with E-state index in [1.165, 1.54) is 36.4 Å². The number of phenols is 2. The Balaban J connectivity index is 1.25.